The van der Waals surface area contributed by atoms with Gasteiger partial charge in [-0.15, -0.1) is 0 Å². The van der Waals surface area contributed by atoms with Gasteiger partial charge in [0.05, 0.1) is 35.5 Å². The topological polar surface area (TPSA) is 104 Å². The van der Waals surface area contributed by atoms with Crippen molar-refractivity contribution in [2.24, 2.45) is 0 Å². The molecular weight excluding hydrogens is 548 g/mol. The van der Waals surface area contributed by atoms with E-state index in [0.717, 1.165) is 16.8 Å². The van der Waals surface area contributed by atoms with E-state index in [2.05, 4.69) is 10.6 Å². The normalized spacial score (nSPS) is 18.0. The molecule has 1 amide bonds. The molecule has 1 heterocycles. The molecule has 0 unspecified atom stereocenters. The van der Waals surface area contributed by atoms with E-state index in [1.54, 1.807) is 65.9 Å². The number of anilines is 1. The van der Waals surface area contributed by atoms with Crippen LogP contribution in [0.5, 0.6) is 28.7 Å². The summed E-state index contributed by atoms with van der Waals surface area (Å²) in [5.74, 6) is 1.96. The Labute approximate surface area is 251 Å². The SMILES string of the molecule is COc1ccc(NC(=O)C2=C(C)NC3=C(C(=O)C[C@@H](c4ccc(OC)c(OC)c4)C3)[C@@H]2c2ccc(OC)c(OC)c2)cc1. The van der Waals surface area contributed by atoms with Gasteiger partial charge in [-0.2, -0.15) is 0 Å². The molecule has 1 aliphatic heterocycles. The highest BCUT2D eigenvalue weighted by Crippen LogP contribution is 2.47. The van der Waals surface area contributed by atoms with Crippen molar-refractivity contribution in [2.75, 3.05) is 40.9 Å². The first-order chi connectivity index (χ1) is 20.8. The van der Waals surface area contributed by atoms with E-state index in [9.17, 15) is 9.59 Å². The number of hydrogen-bond donors (Lipinski definition) is 2. The number of benzene rings is 3. The van der Waals surface area contributed by atoms with Crippen LogP contribution in [0.3, 0.4) is 0 Å². The standard InChI is InChI=1S/C34H36N2O7/c1-19-31(34(38)36-23-9-11-24(39-2)12-10-23)32(21-8-14-28(41-4)30(18-21)43-6)33-25(35-19)15-22(16-26(33)37)20-7-13-27(40-3)29(17-20)42-5/h7-14,17-18,22,32,35H,15-16H2,1-6H3,(H,36,38)/t22-,32+/m0/s1. The minimum atomic E-state index is -0.617. The van der Waals surface area contributed by atoms with Gasteiger partial charge in [0.25, 0.3) is 5.91 Å². The molecule has 0 bridgehead atoms. The molecule has 2 atom stereocenters. The van der Waals surface area contributed by atoms with Gasteiger partial charge in [0, 0.05) is 40.6 Å². The first-order valence-corrected chi connectivity index (χ1v) is 13.9. The average molecular weight is 585 g/mol. The number of carbonyl (C=O) groups excluding carboxylic acids is 2. The average Bonchev–Trinajstić information content (AvgIpc) is 3.03. The summed E-state index contributed by atoms with van der Waals surface area (Å²) in [5.41, 5.74) is 4.85. The number of amides is 1. The summed E-state index contributed by atoms with van der Waals surface area (Å²) in [6.07, 6.45) is 0.872. The van der Waals surface area contributed by atoms with Crippen LogP contribution in [-0.2, 0) is 9.59 Å². The molecule has 0 aromatic heterocycles. The zero-order chi connectivity index (χ0) is 30.7. The third-order valence-electron chi connectivity index (χ3n) is 8.04. The van der Waals surface area contributed by atoms with Gasteiger partial charge in [-0.3, -0.25) is 9.59 Å². The molecular formula is C34H36N2O7. The van der Waals surface area contributed by atoms with Crippen molar-refractivity contribution >= 4 is 17.4 Å². The van der Waals surface area contributed by atoms with Crippen molar-refractivity contribution in [3.8, 4) is 28.7 Å². The number of ether oxygens (including phenoxy) is 5. The van der Waals surface area contributed by atoms with Crippen LogP contribution in [0.2, 0.25) is 0 Å². The van der Waals surface area contributed by atoms with Gasteiger partial charge in [0.1, 0.15) is 5.75 Å². The molecule has 9 nitrogen and oxygen atoms in total. The molecule has 224 valence electrons. The molecule has 0 radical (unpaired) electrons. The number of dihydropyridines is 1. The lowest BCUT2D eigenvalue weighted by Crippen LogP contribution is -2.37. The Hall–Kier alpha value is -4.92. The van der Waals surface area contributed by atoms with E-state index in [-0.39, 0.29) is 24.0 Å². The zero-order valence-corrected chi connectivity index (χ0v) is 25.2. The number of Topliss-reactive ketones (excluding diaryl/α,β-unsaturated/α-hetero) is 1. The number of allylic oxidation sites excluding steroid dienone is 3. The molecule has 0 saturated heterocycles. The molecule has 0 saturated carbocycles. The van der Waals surface area contributed by atoms with E-state index >= 15 is 0 Å². The summed E-state index contributed by atoms with van der Waals surface area (Å²) in [7, 11) is 7.91. The van der Waals surface area contributed by atoms with Crippen molar-refractivity contribution in [3.05, 3.63) is 94.3 Å². The lowest BCUT2D eigenvalue weighted by molar-refractivity contribution is -0.116. The molecule has 1 aliphatic carbocycles. The highest BCUT2D eigenvalue weighted by atomic mass is 16.5. The Morgan fingerprint density at radius 3 is 1.91 bits per heavy atom. The number of methoxy groups -OCH3 is 5. The fourth-order valence-electron chi connectivity index (χ4n) is 5.92. The van der Waals surface area contributed by atoms with E-state index < -0.39 is 5.92 Å². The highest BCUT2D eigenvalue weighted by Gasteiger charge is 2.41. The fourth-order valence-corrected chi connectivity index (χ4v) is 5.92. The molecule has 5 rings (SSSR count). The lowest BCUT2D eigenvalue weighted by atomic mass is 9.71. The van der Waals surface area contributed by atoms with Crippen LogP contribution in [0.25, 0.3) is 0 Å². The maximum Gasteiger partial charge on any atom is 0.254 e. The zero-order valence-electron chi connectivity index (χ0n) is 25.2. The van der Waals surface area contributed by atoms with Crippen molar-refractivity contribution < 1.29 is 33.3 Å². The highest BCUT2D eigenvalue weighted by molar-refractivity contribution is 6.10. The maximum absolute atomic E-state index is 14.1. The molecule has 9 heteroatoms. The van der Waals surface area contributed by atoms with Crippen LogP contribution >= 0.6 is 0 Å². The largest absolute Gasteiger partial charge is 0.497 e. The first-order valence-electron chi connectivity index (χ1n) is 13.9. The number of rotatable bonds is 9. The van der Waals surface area contributed by atoms with E-state index in [1.165, 1.54) is 0 Å². The van der Waals surface area contributed by atoms with E-state index in [4.69, 9.17) is 23.7 Å². The Morgan fingerprint density at radius 2 is 1.33 bits per heavy atom. The summed E-state index contributed by atoms with van der Waals surface area (Å²) < 4.78 is 27.2. The van der Waals surface area contributed by atoms with Crippen molar-refractivity contribution in [3.63, 3.8) is 0 Å². The molecule has 43 heavy (non-hydrogen) atoms. The van der Waals surface area contributed by atoms with Crippen molar-refractivity contribution in [2.45, 2.75) is 31.6 Å². The van der Waals surface area contributed by atoms with Gasteiger partial charge in [0.15, 0.2) is 28.8 Å². The Balaban J connectivity index is 1.57. The van der Waals surface area contributed by atoms with Gasteiger partial charge >= 0.3 is 0 Å². The smallest absolute Gasteiger partial charge is 0.254 e. The summed E-state index contributed by atoms with van der Waals surface area (Å²) in [6, 6.07) is 18.4. The molecule has 2 N–H and O–H groups in total. The van der Waals surface area contributed by atoms with Crippen molar-refractivity contribution in [1.82, 2.24) is 5.32 Å². The number of nitrogens with one attached hydrogen (secondary N) is 2. The number of hydrogen-bond acceptors (Lipinski definition) is 8. The van der Waals surface area contributed by atoms with E-state index in [1.807, 2.05) is 37.3 Å². The predicted octanol–water partition coefficient (Wildman–Crippen LogP) is 5.73. The summed E-state index contributed by atoms with van der Waals surface area (Å²) in [5, 5.41) is 6.44. The van der Waals surface area contributed by atoms with Crippen LogP contribution in [0, 0.1) is 0 Å². The molecule has 2 aliphatic rings. The van der Waals surface area contributed by atoms with Gasteiger partial charge in [-0.05, 0) is 78.9 Å². The third kappa shape index (κ3) is 5.75. The van der Waals surface area contributed by atoms with Crippen LogP contribution in [0.4, 0.5) is 5.69 Å². The summed E-state index contributed by atoms with van der Waals surface area (Å²) in [4.78, 5) is 28.0. The Kier molecular flexibility index (Phi) is 8.61. The second-order valence-corrected chi connectivity index (χ2v) is 10.4. The molecule has 3 aromatic carbocycles. The van der Waals surface area contributed by atoms with E-state index in [0.29, 0.717) is 57.7 Å². The van der Waals surface area contributed by atoms with Gasteiger partial charge in [-0.25, -0.2) is 0 Å². The predicted molar refractivity (Wildman–Crippen MR) is 163 cm³/mol. The quantitative estimate of drug-likeness (QED) is 0.329. The summed E-state index contributed by atoms with van der Waals surface area (Å²) in [6.45, 7) is 1.87. The minimum Gasteiger partial charge on any atom is -0.497 e. The van der Waals surface area contributed by atoms with Crippen molar-refractivity contribution in [1.29, 1.82) is 0 Å². The van der Waals surface area contributed by atoms with Gasteiger partial charge in [-0.1, -0.05) is 12.1 Å². The molecule has 3 aromatic rings. The second kappa shape index (κ2) is 12.5. The van der Waals surface area contributed by atoms with Gasteiger partial charge in [0.2, 0.25) is 0 Å². The fraction of sp³-hybridized carbons (Fsp3) is 0.294. The van der Waals surface area contributed by atoms with Crippen LogP contribution in [-0.4, -0.2) is 47.2 Å². The number of ketones is 1. The lowest BCUT2D eigenvalue weighted by Gasteiger charge is -2.37. The minimum absolute atomic E-state index is 0.0319. The second-order valence-electron chi connectivity index (χ2n) is 10.4. The van der Waals surface area contributed by atoms with Crippen LogP contribution in [0.15, 0.2) is 83.2 Å². The Morgan fingerprint density at radius 1 is 0.744 bits per heavy atom. The summed E-state index contributed by atoms with van der Waals surface area (Å²) >= 11 is 0. The maximum atomic E-state index is 14.1. The molecule has 0 spiro atoms. The van der Waals surface area contributed by atoms with Crippen LogP contribution < -0.4 is 34.3 Å². The molecule has 0 fully saturated rings. The third-order valence-corrected chi connectivity index (χ3v) is 8.04. The van der Waals surface area contributed by atoms with Crippen LogP contribution in [0.1, 0.15) is 42.7 Å². The number of carbonyl (C=O) groups is 2. The first kappa shape index (κ1) is 29.6. The Bertz CT molecular complexity index is 1610. The van der Waals surface area contributed by atoms with Gasteiger partial charge < -0.3 is 34.3 Å². The monoisotopic (exact) mass is 584 g/mol.